The maximum absolute atomic E-state index is 9.96. The minimum Gasteiger partial charge on any atom is -0.507 e. The van der Waals surface area contributed by atoms with Crippen molar-refractivity contribution in [2.45, 2.75) is 34.6 Å². The Hall–Kier alpha value is -2.09. The van der Waals surface area contributed by atoms with E-state index >= 15 is 0 Å². The van der Waals surface area contributed by atoms with Gasteiger partial charge in [0.2, 0.25) is 0 Å². The number of aryl methyl sites for hydroxylation is 3. The summed E-state index contributed by atoms with van der Waals surface area (Å²) in [5, 5.41) is 9.96. The second kappa shape index (κ2) is 7.49. The lowest BCUT2D eigenvalue weighted by molar-refractivity contribution is 0.470. The molecule has 0 unspecified atom stereocenters. The molecule has 0 heterocycles. The zero-order chi connectivity index (χ0) is 15.1. The third-order valence-electron chi connectivity index (χ3n) is 2.83. The number of aromatic hydroxyl groups is 1. The van der Waals surface area contributed by atoms with Crippen molar-refractivity contribution in [3.05, 3.63) is 58.7 Å². The molecule has 2 heteroatoms. The second-order valence-corrected chi connectivity index (χ2v) is 4.62. The van der Waals surface area contributed by atoms with Gasteiger partial charge in [0.1, 0.15) is 5.75 Å². The van der Waals surface area contributed by atoms with Crippen LogP contribution in [0.5, 0.6) is 5.75 Å². The molecule has 0 aliphatic rings. The fraction of sp³-hybridized carbons (Fsp3) is 0.278. The number of nitrogens with zero attached hydrogens (tertiary/aromatic N) is 1. The van der Waals surface area contributed by atoms with Crippen LogP contribution >= 0.6 is 0 Å². The lowest BCUT2D eigenvalue weighted by Gasteiger charge is -2.04. The number of phenols is 1. The first-order valence-corrected chi connectivity index (χ1v) is 6.97. The van der Waals surface area contributed by atoms with E-state index in [-0.39, 0.29) is 0 Å². The molecule has 2 aromatic carbocycles. The van der Waals surface area contributed by atoms with E-state index in [9.17, 15) is 5.11 Å². The summed E-state index contributed by atoms with van der Waals surface area (Å²) in [5.74, 6) is 0.303. The molecule has 0 bridgehead atoms. The molecule has 2 aromatic rings. The molecule has 2 nitrogen and oxygen atoms in total. The molecular formula is C18H23NO. The van der Waals surface area contributed by atoms with Crippen molar-refractivity contribution in [1.82, 2.24) is 0 Å². The number of hydrogen-bond acceptors (Lipinski definition) is 2. The zero-order valence-corrected chi connectivity index (χ0v) is 12.9. The molecule has 0 fully saturated rings. The third-order valence-corrected chi connectivity index (χ3v) is 2.83. The molecule has 106 valence electrons. The maximum atomic E-state index is 9.96. The van der Waals surface area contributed by atoms with E-state index in [4.69, 9.17) is 0 Å². The largest absolute Gasteiger partial charge is 0.507 e. The van der Waals surface area contributed by atoms with E-state index in [2.05, 4.69) is 4.99 Å². The van der Waals surface area contributed by atoms with Crippen LogP contribution in [0.3, 0.4) is 0 Å². The van der Waals surface area contributed by atoms with Crippen molar-refractivity contribution >= 4 is 11.9 Å². The first-order valence-electron chi connectivity index (χ1n) is 6.97. The summed E-state index contributed by atoms with van der Waals surface area (Å²) in [6, 6.07) is 11.9. The number of hydrogen-bond donors (Lipinski definition) is 1. The molecule has 0 aliphatic heterocycles. The van der Waals surface area contributed by atoms with E-state index < -0.39 is 0 Å². The minimum atomic E-state index is 0.303. The van der Waals surface area contributed by atoms with Gasteiger partial charge in [-0.25, -0.2) is 0 Å². The van der Waals surface area contributed by atoms with Gasteiger partial charge in [0.05, 0.1) is 5.69 Å². The highest BCUT2D eigenvalue weighted by Gasteiger charge is 2.03. The van der Waals surface area contributed by atoms with E-state index in [1.54, 1.807) is 6.21 Å². The van der Waals surface area contributed by atoms with Gasteiger partial charge in [-0.15, -0.1) is 0 Å². The topological polar surface area (TPSA) is 32.6 Å². The van der Waals surface area contributed by atoms with Gasteiger partial charge < -0.3 is 5.11 Å². The van der Waals surface area contributed by atoms with Crippen LogP contribution in [0.15, 0.2) is 41.4 Å². The highest BCUT2D eigenvalue weighted by atomic mass is 16.3. The van der Waals surface area contributed by atoms with E-state index in [1.165, 1.54) is 5.56 Å². The van der Waals surface area contributed by atoms with Gasteiger partial charge in [-0.1, -0.05) is 32.0 Å². The van der Waals surface area contributed by atoms with Crippen LogP contribution in [0.1, 0.15) is 36.1 Å². The summed E-state index contributed by atoms with van der Waals surface area (Å²) in [5.41, 5.74) is 4.83. The summed E-state index contributed by atoms with van der Waals surface area (Å²) in [7, 11) is 0. The van der Waals surface area contributed by atoms with Gasteiger partial charge in [-0.3, -0.25) is 4.99 Å². The number of benzene rings is 2. The van der Waals surface area contributed by atoms with E-state index in [0.29, 0.717) is 5.75 Å². The molecule has 20 heavy (non-hydrogen) atoms. The zero-order valence-electron chi connectivity index (χ0n) is 12.9. The smallest absolute Gasteiger partial charge is 0.127 e. The van der Waals surface area contributed by atoms with Crippen LogP contribution in [0.4, 0.5) is 5.69 Å². The van der Waals surface area contributed by atoms with Crippen molar-refractivity contribution in [2.24, 2.45) is 4.99 Å². The highest BCUT2D eigenvalue weighted by molar-refractivity contribution is 5.86. The molecule has 2 rings (SSSR count). The molecule has 0 radical (unpaired) electrons. The van der Waals surface area contributed by atoms with Crippen LogP contribution in [0.2, 0.25) is 0 Å². The summed E-state index contributed by atoms with van der Waals surface area (Å²) < 4.78 is 0. The fourth-order valence-corrected chi connectivity index (χ4v) is 1.94. The molecule has 1 N–H and O–H groups in total. The molecule has 0 atom stereocenters. The maximum Gasteiger partial charge on any atom is 0.127 e. The summed E-state index contributed by atoms with van der Waals surface area (Å²) in [6.07, 6.45) is 1.71. The molecule has 0 amide bonds. The predicted molar refractivity (Wildman–Crippen MR) is 87.4 cm³/mol. The molecule has 0 saturated heterocycles. The van der Waals surface area contributed by atoms with Crippen LogP contribution in [0, 0.1) is 20.8 Å². The lowest BCUT2D eigenvalue weighted by Crippen LogP contribution is -1.87. The van der Waals surface area contributed by atoms with Gasteiger partial charge in [0, 0.05) is 11.8 Å². The van der Waals surface area contributed by atoms with Gasteiger partial charge in [0.15, 0.2) is 0 Å². The van der Waals surface area contributed by atoms with Crippen LogP contribution < -0.4 is 0 Å². The molecule has 0 spiro atoms. The Morgan fingerprint density at radius 1 is 0.950 bits per heavy atom. The number of rotatable bonds is 2. The fourth-order valence-electron chi connectivity index (χ4n) is 1.94. The Balaban J connectivity index is 0.000000956. The van der Waals surface area contributed by atoms with Crippen molar-refractivity contribution in [3.8, 4) is 5.75 Å². The summed E-state index contributed by atoms with van der Waals surface area (Å²) >= 11 is 0. The Bertz CT molecular complexity index is 600. The van der Waals surface area contributed by atoms with Gasteiger partial charge in [-0.2, -0.15) is 0 Å². The first-order chi connectivity index (χ1) is 9.56. The lowest BCUT2D eigenvalue weighted by atomic mass is 10.1. The van der Waals surface area contributed by atoms with Crippen molar-refractivity contribution in [3.63, 3.8) is 0 Å². The molecule has 0 saturated carbocycles. The summed E-state index contributed by atoms with van der Waals surface area (Å²) in [4.78, 5) is 4.40. The van der Waals surface area contributed by atoms with Crippen LogP contribution in [0.25, 0.3) is 0 Å². The van der Waals surface area contributed by atoms with Crippen molar-refractivity contribution in [2.75, 3.05) is 0 Å². The Labute approximate surface area is 121 Å². The van der Waals surface area contributed by atoms with Crippen LogP contribution in [-0.4, -0.2) is 11.3 Å². The van der Waals surface area contributed by atoms with E-state index in [0.717, 1.165) is 22.4 Å². The second-order valence-electron chi connectivity index (χ2n) is 4.62. The van der Waals surface area contributed by atoms with Crippen molar-refractivity contribution in [1.29, 1.82) is 0 Å². The predicted octanol–water partition coefficient (Wildman–Crippen LogP) is 5.09. The van der Waals surface area contributed by atoms with Crippen LogP contribution in [-0.2, 0) is 0 Å². The van der Waals surface area contributed by atoms with Crippen molar-refractivity contribution < 1.29 is 5.11 Å². The number of phenolic OH excluding ortho intramolecular Hbond substituents is 1. The number of aliphatic imine (C=N–C) groups is 1. The molecule has 0 aromatic heterocycles. The third kappa shape index (κ3) is 4.23. The SMILES string of the molecule is CC.Cc1cccc(N=Cc2cc(C)cc(C)c2O)c1. The van der Waals surface area contributed by atoms with Gasteiger partial charge >= 0.3 is 0 Å². The quantitative estimate of drug-likeness (QED) is 0.756. The van der Waals surface area contributed by atoms with E-state index in [1.807, 2.05) is 71.0 Å². The Morgan fingerprint density at radius 3 is 2.30 bits per heavy atom. The van der Waals surface area contributed by atoms with Gasteiger partial charge in [-0.05, 0) is 55.7 Å². The summed E-state index contributed by atoms with van der Waals surface area (Å²) in [6.45, 7) is 9.94. The average molecular weight is 269 g/mol. The first kappa shape index (κ1) is 16.0. The Kier molecular flexibility index (Phi) is 5.98. The van der Waals surface area contributed by atoms with Gasteiger partial charge in [0.25, 0.3) is 0 Å². The minimum absolute atomic E-state index is 0.303. The molecular weight excluding hydrogens is 246 g/mol. The molecule has 0 aliphatic carbocycles. The average Bonchev–Trinajstić information content (AvgIpc) is 2.43. The normalized spacial score (nSPS) is 10.2. The standard InChI is InChI=1S/C16H17NO.C2H6/c1-11-5-4-6-15(9-11)17-10-14-8-12(2)7-13(3)16(14)18;1-2/h4-10,18H,1-3H3;1-2H3. The highest BCUT2D eigenvalue weighted by Crippen LogP contribution is 2.23. The Morgan fingerprint density at radius 2 is 1.65 bits per heavy atom. The monoisotopic (exact) mass is 269 g/mol.